The lowest BCUT2D eigenvalue weighted by Crippen LogP contribution is -2.34. The lowest BCUT2D eigenvalue weighted by molar-refractivity contribution is 0.252. The van der Waals surface area contributed by atoms with Gasteiger partial charge in [0.1, 0.15) is 0 Å². The van der Waals surface area contributed by atoms with Crippen molar-refractivity contribution in [3.63, 3.8) is 0 Å². The van der Waals surface area contributed by atoms with Crippen molar-refractivity contribution >= 4 is 23.7 Å². The van der Waals surface area contributed by atoms with Gasteiger partial charge in [0.2, 0.25) is 0 Å². The minimum atomic E-state index is 0. The first-order valence-electron chi connectivity index (χ1n) is 6.78. The zero-order chi connectivity index (χ0) is 13.2. The number of hydrogen-bond acceptors (Lipinski definition) is 4. The van der Waals surface area contributed by atoms with Gasteiger partial charge in [0, 0.05) is 47.7 Å². The van der Waals surface area contributed by atoms with Crippen LogP contribution in [0.25, 0.3) is 10.4 Å². The summed E-state index contributed by atoms with van der Waals surface area (Å²) in [4.78, 5) is 5.23. The van der Waals surface area contributed by atoms with E-state index in [9.17, 15) is 0 Å². The molecule has 1 unspecified atom stereocenters. The van der Waals surface area contributed by atoms with Crippen LogP contribution in [0.2, 0.25) is 0 Å². The summed E-state index contributed by atoms with van der Waals surface area (Å²) in [6.07, 6.45) is 6.52. The van der Waals surface area contributed by atoms with Crippen LogP contribution >= 0.6 is 23.7 Å². The van der Waals surface area contributed by atoms with Gasteiger partial charge >= 0.3 is 0 Å². The molecule has 0 radical (unpaired) electrons. The molecule has 1 fully saturated rings. The van der Waals surface area contributed by atoms with Crippen LogP contribution in [0.15, 0.2) is 24.5 Å². The van der Waals surface area contributed by atoms with Gasteiger partial charge in [-0.15, -0.1) is 23.7 Å². The molecule has 0 amide bonds. The molecular formula is C14H21ClN4S. The lowest BCUT2D eigenvalue weighted by Gasteiger charge is -2.22. The van der Waals surface area contributed by atoms with E-state index in [1.165, 1.54) is 34.7 Å². The van der Waals surface area contributed by atoms with E-state index in [0.717, 1.165) is 13.1 Å². The summed E-state index contributed by atoms with van der Waals surface area (Å²) in [5.74, 6) is 0. The van der Waals surface area contributed by atoms with Gasteiger partial charge in [0.05, 0.1) is 6.20 Å². The summed E-state index contributed by atoms with van der Waals surface area (Å²) in [6.45, 7) is 3.00. The zero-order valence-corrected chi connectivity index (χ0v) is 13.3. The Morgan fingerprint density at radius 2 is 2.30 bits per heavy atom. The average molecular weight is 313 g/mol. The summed E-state index contributed by atoms with van der Waals surface area (Å²) < 4.78 is 1.85. The number of aryl methyl sites for hydroxylation is 1. The zero-order valence-electron chi connectivity index (χ0n) is 11.7. The normalized spacial score (nSPS) is 19.2. The van der Waals surface area contributed by atoms with Crippen molar-refractivity contribution in [2.45, 2.75) is 25.4 Å². The maximum Gasteiger partial charge on any atom is 0.0576 e. The number of rotatable bonds is 4. The molecule has 20 heavy (non-hydrogen) atoms. The molecule has 1 aliphatic rings. The quantitative estimate of drug-likeness (QED) is 0.943. The van der Waals surface area contributed by atoms with E-state index in [4.69, 9.17) is 5.73 Å². The van der Waals surface area contributed by atoms with Gasteiger partial charge in [-0.05, 0) is 31.5 Å². The maximum absolute atomic E-state index is 5.83. The van der Waals surface area contributed by atoms with E-state index in [1.54, 1.807) is 0 Å². The fourth-order valence-electron chi connectivity index (χ4n) is 2.74. The molecule has 1 saturated heterocycles. The van der Waals surface area contributed by atoms with Crippen molar-refractivity contribution in [3.05, 3.63) is 29.4 Å². The van der Waals surface area contributed by atoms with E-state index in [0.29, 0.717) is 6.04 Å². The first kappa shape index (κ1) is 15.5. The van der Waals surface area contributed by atoms with Crippen LogP contribution in [-0.4, -0.2) is 33.8 Å². The van der Waals surface area contributed by atoms with Crippen LogP contribution in [0.3, 0.4) is 0 Å². The highest BCUT2D eigenvalue weighted by Crippen LogP contribution is 2.29. The van der Waals surface area contributed by atoms with Crippen LogP contribution in [0, 0.1) is 0 Å². The molecule has 0 bridgehead atoms. The molecule has 2 N–H and O–H groups in total. The van der Waals surface area contributed by atoms with Crippen LogP contribution in [-0.2, 0) is 13.6 Å². The molecule has 0 aromatic carbocycles. The number of likely N-dealkylation sites (tertiary alicyclic amines) is 1. The number of halogens is 1. The summed E-state index contributed by atoms with van der Waals surface area (Å²) in [7, 11) is 1.95. The second-order valence-corrected chi connectivity index (χ2v) is 6.34. The number of nitrogens with two attached hydrogens (primary N) is 1. The summed E-state index contributed by atoms with van der Waals surface area (Å²) in [5.41, 5.74) is 7.03. The van der Waals surface area contributed by atoms with Crippen molar-refractivity contribution < 1.29 is 0 Å². The monoisotopic (exact) mass is 312 g/mol. The molecule has 1 aliphatic heterocycles. The molecule has 110 valence electrons. The van der Waals surface area contributed by atoms with Crippen molar-refractivity contribution in [3.8, 4) is 10.4 Å². The highest BCUT2D eigenvalue weighted by Gasteiger charge is 2.23. The first-order valence-corrected chi connectivity index (χ1v) is 7.60. The van der Waals surface area contributed by atoms with Crippen LogP contribution in [0.4, 0.5) is 0 Å². The van der Waals surface area contributed by atoms with Gasteiger partial charge in [-0.1, -0.05) is 0 Å². The predicted octanol–water partition coefficient (Wildman–Crippen LogP) is 2.49. The summed E-state index contributed by atoms with van der Waals surface area (Å²) >= 11 is 1.86. The molecule has 3 rings (SSSR count). The van der Waals surface area contributed by atoms with Crippen molar-refractivity contribution in [1.82, 2.24) is 14.7 Å². The Morgan fingerprint density at radius 3 is 3.00 bits per heavy atom. The smallest absolute Gasteiger partial charge is 0.0576 e. The fourth-order valence-corrected chi connectivity index (χ4v) is 3.75. The Balaban J connectivity index is 0.00000147. The third-order valence-corrected chi connectivity index (χ3v) is 4.90. The highest BCUT2D eigenvalue weighted by atomic mass is 35.5. The fraction of sp³-hybridized carbons (Fsp3) is 0.500. The summed E-state index contributed by atoms with van der Waals surface area (Å²) in [5, 5.41) is 4.23. The Kier molecular flexibility index (Phi) is 5.21. The molecule has 4 nitrogen and oxygen atoms in total. The molecule has 3 heterocycles. The first-order chi connectivity index (χ1) is 9.26. The van der Waals surface area contributed by atoms with E-state index >= 15 is 0 Å². The SMILES string of the molecule is Cl.Cn1cc(-c2ccc(CN3CCCC3CN)s2)cn1. The van der Waals surface area contributed by atoms with Crippen molar-refractivity contribution in [1.29, 1.82) is 0 Å². The van der Waals surface area contributed by atoms with E-state index in [2.05, 4.69) is 28.3 Å². The largest absolute Gasteiger partial charge is 0.329 e. The van der Waals surface area contributed by atoms with E-state index in [-0.39, 0.29) is 12.4 Å². The number of aromatic nitrogens is 2. The molecule has 2 aromatic heterocycles. The Labute approximate surface area is 130 Å². The standard InChI is InChI=1S/C14H20N4S.ClH/c1-17-9-11(8-16-17)14-5-4-13(19-14)10-18-6-2-3-12(18)7-15;/h4-5,8-9,12H,2-3,6-7,10,15H2,1H3;1H. The molecule has 1 atom stereocenters. The van der Waals surface area contributed by atoms with Gasteiger partial charge in [-0.2, -0.15) is 5.10 Å². The third kappa shape index (κ3) is 3.23. The number of thiophene rings is 1. The maximum atomic E-state index is 5.83. The lowest BCUT2D eigenvalue weighted by atomic mass is 10.2. The van der Waals surface area contributed by atoms with Crippen molar-refractivity contribution in [2.24, 2.45) is 12.8 Å². The minimum Gasteiger partial charge on any atom is -0.329 e. The Bertz CT molecular complexity index is 551. The van der Waals surface area contributed by atoms with Gasteiger partial charge in [0.25, 0.3) is 0 Å². The predicted molar refractivity (Wildman–Crippen MR) is 86.3 cm³/mol. The van der Waals surface area contributed by atoms with Gasteiger partial charge in [-0.3, -0.25) is 9.58 Å². The topological polar surface area (TPSA) is 47.1 Å². The molecule has 0 spiro atoms. The molecular weight excluding hydrogens is 292 g/mol. The van der Waals surface area contributed by atoms with Gasteiger partial charge in [0.15, 0.2) is 0 Å². The van der Waals surface area contributed by atoms with Crippen LogP contribution in [0.1, 0.15) is 17.7 Å². The molecule has 0 saturated carbocycles. The Hall–Kier alpha value is -0.880. The average Bonchev–Trinajstić information content (AvgIpc) is 3.10. The van der Waals surface area contributed by atoms with E-state index < -0.39 is 0 Å². The van der Waals surface area contributed by atoms with Crippen molar-refractivity contribution in [2.75, 3.05) is 13.1 Å². The summed E-state index contributed by atoms with van der Waals surface area (Å²) in [6, 6.07) is 5.01. The second kappa shape index (κ2) is 6.72. The van der Waals surface area contributed by atoms with Crippen LogP contribution < -0.4 is 5.73 Å². The third-order valence-electron chi connectivity index (χ3n) is 3.78. The molecule has 2 aromatic rings. The Morgan fingerprint density at radius 1 is 1.45 bits per heavy atom. The molecule has 0 aliphatic carbocycles. The van der Waals surface area contributed by atoms with Gasteiger partial charge < -0.3 is 5.73 Å². The number of hydrogen-bond donors (Lipinski definition) is 1. The second-order valence-electron chi connectivity index (χ2n) is 5.17. The minimum absolute atomic E-state index is 0. The van der Waals surface area contributed by atoms with Gasteiger partial charge in [-0.25, -0.2) is 0 Å². The van der Waals surface area contributed by atoms with E-state index in [1.807, 2.05) is 29.3 Å². The highest BCUT2D eigenvalue weighted by molar-refractivity contribution is 7.15. The molecule has 6 heteroatoms. The number of nitrogens with zero attached hydrogens (tertiary/aromatic N) is 3. The van der Waals surface area contributed by atoms with Crippen LogP contribution in [0.5, 0.6) is 0 Å².